The second kappa shape index (κ2) is 12.5. The SMILES string of the molecule is C1CCC1.C=CC(=O)NC1COCC1Nc1ncc2cc(-c3c(Cl)c(OC)cc(OC)c3Cl)c(=O)[nH]c2n1. The van der Waals surface area contributed by atoms with Crippen LogP contribution < -0.4 is 25.7 Å². The Morgan fingerprint density at radius 2 is 1.74 bits per heavy atom. The summed E-state index contributed by atoms with van der Waals surface area (Å²) in [5.41, 5.74) is 0.324. The van der Waals surface area contributed by atoms with Gasteiger partial charge in [-0.05, 0) is 12.1 Å². The number of hydrogen-bond acceptors (Lipinski definition) is 8. The van der Waals surface area contributed by atoms with Crippen LogP contribution in [0.4, 0.5) is 5.95 Å². The number of methoxy groups -OCH3 is 2. The zero-order valence-electron chi connectivity index (χ0n) is 21.1. The lowest BCUT2D eigenvalue weighted by atomic mass is 10.0. The van der Waals surface area contributed by atoms with Gasteiger partial charge in [0.05, 0.1) is 55.1 Å². The van der Waals surface area contributed by atoms with E-state index < -0.39 is 5.56 Å². The number of H-pyrrole nitrogens is 1. The topological polar surface area (TPSA) is 127 Å². The summed E-state index contributed by atoms with van der Waals surface area (Å²) in [6.07, 6.45) is 8.75. The first-order chi connectivity index (χ1) is 18.4. The number of anilines is 1. The van der Waals surface area contributed by atoms with Crippen LogP contribution in [0.25, 0.3) is 22.2 Å². The molecule has 1 saturated carbocycles. The number of carbonyl (C=O) groups excluding carboxylic acids is 1. The van der Waals surface area contributed by atoms with Crippen LogP contribution in [0, 0.1) is 0 Å². The number of ether oxygens (including phenoxy) is 3. The lowest BCUT2D eigenvalue weighted by Gasteiger charge is -2.19. The number of hydrogen-bond donors (Lipinski definition) is 3. The van der Waals surface area contributed by atoms with Crippen LogP contribution in [-0.4, -0.2) is 60.4 Å². The molecule has 2 unspecified atom stereocenters. The summed E-state index contributed by atoms with van der Waals surface area (Å²) < 4.78 is 16.0. The van der Waals surface area contributed by atoms with Crippen molar-refractivity contribution in [3.63, 3.8) is 0 Å². The van der Waals surface area contributed by atoms with E-state index in [1.54, 1.807) is 18.3 Å². The maximum atomic E-state index is 13.0. The van der Waals surface area contributed by atoms with Gasteiger partial charge in [0.2, 0.25) is 11.9 Å². The number of halogens is 2. The maximum Gasteiger partial charge on any atom is 0.257 e. The van der Waals surface area contributed by atoms with Gasteiger partial charge in [-0.3, -0.25) is 9.59 Å². The summed E-state index contributed by atoms with van der Waals surface area (Å²) in [5.74, 6) is 0.587. The highest BCUT2D eigenvalue weighted by Gasteiger charge is 2.30. The van der Waals surface area contributed by atoms with E-state index >= 15 is 0 Å². The van der Waals surface area contributed by atoms with E-state index in [1.807, 2.05) is 0 Å². The van der Waals surface area contributed by atoms with Gasteiger partial charge >= 0.3 is 0 Å². The summed E-state index contributed by atoms with van der Waals surface area (Å²) in [6, 6.07) is 2.60. The normalized spacial score (nSPS) is 18.1. The number of fused-ring (bicyclic) bond motifs is 1. The first kappa shape index (κ1) is 27.7. The molecule has 3 N–H and O–H groups in total. The molecule has 0 radical (unpaired) electrons. The number of carbonyl (C=O) groups is 1. The van der Waals surface area contributed by atoms with Crippen LogP contribution >= 0.6 is 23.2 Å². The van der Waals surface area contributed by atoms with Gasteiger partial charge in [-0.15, -0.1) is 0 Å². The van der Waals surface area contributed by atoms with E-state index in [0.29, 0.717) is 35.7 Å². The van der Waals surface area contributed by atoms with Gasteiger partial charge in [0.15, 0.2) is 0 Å². The van der Waals surface area contributed by atoms with Crippen LogP contribution in [0.15, 0.2) is 35.8 Å². The van der Waals surface area contributed by atoms with Crippen molar-refractivity contribution in [2.75, 3.05) is 32.8 Å². The van der Waals surface area contributed by atoms with Crippen LogP contribution in [0.2, 0.25) is 10.0 Å². The Balaban J connectivity index is 0.000000768. The number of nitrogens with one attached hydrogen (secondary N) is 3. The number of amides is 1. The van der Waals surface area contributed by atoms with Crippen LogP contribution in [0.5, 0.6) is 11.5 Å². The fourth-order valence-electron chi connectivity index (χ4n) is 3.87. The quantitative estimate of drug-likeness (QED) is 0.363. The van der Waals surface area contributed by atoms with E-state index in [2.05, 4.69) is 32.2 Å². The molecule has 3 heterocycles. The molecule has 12 heteroatoms. The van der Waals surface area contributed by atoms with Gasteiger partial charge in [0.25, 0.3) is 5.56 Å². The summed E-state index contributed by atoms with van der Waals surface area (Å²) in [4.78, 5) is 36.1. The average molecular weight is 562 g/mol. The molecule has 202 valence electrons. The van der Waals surface area contributed by atoms with E-state index in [4.69, 9.17) is 37.4 Å². The van der Waals surface area contributed by atoms with Crippen molar-refractivity contribution in [1.82, 2.24) is 20.3 Å². The van der Waals surface area contributed by atoms with Crippen LogP contribution in [0.1, 0.15) is 25.7 Å². The minimum atomic E-state index is -0.462. The molecular weight excluding hydrogens is 533 g/mol. The van der Waals surface area contributed by atoms with Crippen LogP contribution in [-0.2, 0) is 9.53 Å². The first-order valence-corrected chi connectivity index (χ1v) is 12.9. The fraction of sp³-hybridized carbons (Fsp3) is 0.385. The minimum absolute atomic E-state index is 0.172. The van der Waals surface area contributed by atoms with E-state index in [1.165, 1.54) is 46.0 Å². The molecule has 1 saturated heterocycles. The molecule has 0 bridgehead atoms. The third-order valence-corrected chi connectivity index (χ3v) is 7.10. The Bertz CT molecular complexity index is 1360. The molecule has 1 aliphatic carbocycles. The van der Waals surface area contributed by atoms with Gasteiger partial charge in [-0.1, -0.05) is 55.5 Å². The third-order valence-electron chi connectivity index (χ3n) is 6.34. The molecule has 1 aromatic carbocycles. The Hall–Kier alpha value is -3.34. The smallest absolute Gasteiger partial charge is 0.257 e. The van der Waals surface area contributed by atoms with E-state index in [9.17, 15) is 9.59 Å². The highest BCUT2D eigenvalue weighted by atomic mass is 35.5. The summed E-state index contributed by atoms with van der Waals surface area (Å²) in [6.45, 7) is 4.15. The average Bonchev–Trinajstić information content (AvgIpc) is 3.29. The summed E-state index contributed by atoms with van der Waals surface area (Å²) in [7, 11) is 2.90. The monoisotopic (exact) mass is 561 g/mol. The Morgan fingerprint density at radius 1 is 1.11 bits per heavy atom. The van der Waals surface area contributed by atoms with Crippen molar-refractivity contribution in [2.45, 2.75) is 37.8 Å². The number of benzene rings is 1. The van der Waals surface area contributed by atoms with Crippen molar-refractivity contribution < 1.29 is 19.0 Å². The molecule has 10 nitrogen and oxygen atoms in total. The van der Waals surface area contributed by atoms with Crippen molar-refractivity contribution >= 4 is 46.1 Å². The molecule has 1 aliphatic heterocycles. The largest absolute Gasteiger partial charge is 0.495 e. The summed E-state index contributed by atoms with van der Waals surface area (Å²) >= 11 is 12.9. The number of aromatic nitrogens is 3. The third kappa shape index (κ3) is 6.03. The standard InChI is InChI=1S/C22H21Cl2N5O5.C4H8/c1-4-16(30)26-12-8-34-9-13(12)27-22-25-7-10-5-11(21(31)28-20(10)29-22)17-18(23)14(32-2)6-15(33-3)19(17)24;1-2-4-3-1/h4-7,12-13H,1,8-9H2,2-3H3,(H,26,30)(H2,25,27,28,29,31);1-4H2. The minimum Gasteiger partial charge on any atom is -0.495 e. The van der Waals surface area contributed by atoms with Crippen molar-refractivity contribution in [3.05, 3.63) is 51.4 Å². The molecule has 2 aromatic heterocycles. The highest BCUT2D eigenvalue weighted by Crippen LogP contribution is 2.45. The Labute approximate surface area is 229 Å². The molecule has 3 aromatic rings. The lowest BCUT2D eigenvalue weighted by molar-refractivity contribution is -0.117. The lowest BCUT2D eigenvalue weighted by Crippen LogP contribution is -2.45. The second-order valence-corrected chi connectivity index (χ2v) is 9.57. The molecule has 1 amide bonds. The highest BCUT2D eigenvalue weighted by molar-refractivity contribution is 6.41. The Kier molecular flexibility index (Phi) is 9.09. The van der Waals surface area contributed by atoms with Gasteiger partial charge in [-0.25, -0.2) is 4.98 Å². The molecular formula is C26H29Cl2N5O5. The second-order valence-electron chi connectivity index (χ2n) is 8.82. The maximum absolute atomic E-state index is 13.0. The number of nitrogens with zero attached hydrogens (tertiary/aromatic N) is 2. The molecule has 0 spiro atoms. The molecule has 2 fully saturated rings. The molecule has 5 rings (SSSR count). The van der Waals surface area contributed by atoms with Gasteiger partial charge < -0.3 is 29.8 Å². The fourth-order valence-corrected chi connectivity index (χ4v) is 4.57. The molecule has 38 heavy (non-hydrogen) atoms. The number of aromatic amines is 1. The van der Waals surface area contributed by atoms with E-state index in [-0.39, 0.29) is 45.1 Å². The van der Waals surface area contributed by atoms with Crippen molar-refractivity contribution in [1.29, 1.82) is 0 Å². The molecule has 2 atom stereocenters. The van der Waals surface area contributed by atoms with Crippen LogP contribution in [0.3, 0.4) is 0 Å². The van der Waals surface area contributed by atoms with Crippen molar-refractivity contribution in [3.8, 4) is 22.6 Å². The van der Waals surface area contributed by atoms with E-state index in [0.717, 1.165) is 0 Å². The van der Waals surface area contributed by atoms with Gasteiger partial charge in [-0.2, -0.15) is 4.98 Å². The summed E-state index contributed by atoms with van der Waals surface area (Å²) in [5, 5.41) is 6.82. The van der Waals surface area contributed by atoms with Crippen molar-refractivity contribution in [2.24, 2.45) is 0 Å². The zero-order valence-corrected chi connectivity index (χ0v) is 22.6. The number of pyridine rings is 1. The zero-order chi connectivity index (χ0) is 27.2. The predicted molar refractivity (Wildman–Crippen MR) is 148 cm³/mol. The Morgan fingerprint density at radius 3 is 2.32 bits per heavy atom. The molecule has 2 aliphatic rings. The predicted octanol–water partition coefficient (Wildman–Crippen LogP) is 4.35. The first-order valence-electron chi connectivity index (χ1n) is 12.1. The number of rotatable bonds is 7. The van der Waals surface area contributed by atoms with Gasteiger partial charge in [0, 0.05) is 23.2 Å². The van der Waals surface area contributed by atoms with Gasteiger partial charge in [0.1, 0.15) is 17.1 Å².